The number of nitrogen functional groups attached to an aromatic ring is 1. The van der Waals surface area contributed by atoms with Crippen LogP contribution in [0.4, 0.5) is 5.69 Å². The SMILES string of the molecule is Cc1cc(Sc2ccc(N)c(C)c2)n(C)n1. The Balaban J connectivity index is 2.27. The molecule has 0 bridgehead atoms. The largest absolute Gasteiger partial charge is 0.399 e. The summed E-state index contributed by atoms with van der Waals surface area (Å²) in [4.78, 5) is 1.19. The van der Waals surface area contributed by atoms with Crippen LogP contribution in [0.5, 0.6) is 0 Å². The van der Waals surface area contributed by atoms with Gasteiger partial charge in [0.2, 0.25) is 0 Å². The van der Waals surface area contributed by atoms with Crippen molar-refractivity contribution in [2.24, 2.45) is 7.05 Å². The first-order chi connectivity index (χ1) is 7.56. The molecular weight excluding hydrogens is 218 g/mol. The van der Waals surface area contributed by atoms with Gasteiger partial charge in [0.1, 0.15) is 0 Å². The van der Waals surface area contributed by atoms with Crippen molar-refractivity contribution < 1.29 is 0 Å². The number of rotatable bonds is 2. The Morgan fingerprint density at radius 2 is 2.00 bits per heavy atom. The van der Waals surface area contributed by atoms with Crippen molar-refractivity contribution in [2.45, 2.75) is 23.8 Å². The van der Waals surface area contributed by atoms with Gasteiger partial charge in [-0.15, -0.1) is 0 Å². The molecule has 16 heavy (non-hydrogen) atoms. The fourth-order valence-corrected chi connectivity index (χ4v) is 2.53. The van der Waals surface area contributed by atoms with Crippen LogP contribution in [0.25, 0.3) is 0 Å². The molecule has 0 saturated heterocycles. The number of benzene rings is 1. The zero-order valence-corrected chi connectivity index (χ0v) is 10.5. The van der Waals surface area contributed by atoms with Gasteiger partial charge >= 0.3 is 0 Å². The maximum atomic E-state index is 5.79. The number of aromatic nitrogens is 2. The Labute approximate surface area is 99.7 Å². The molecule has 0 atom stereocenters. The smallest absolute Gasteiger partial charge is 0.0986 e. The second-order valence-corrected chi connectivity index (χ2v) is 4.96. The molecule has 1 aromatic carbocycles. The van der Waals surface area contributed by atoms with E-state index in [-0.39, 0.29) is 0 Å². The van der Waals surface area contributed by atoms with Gasteiger partial charge in [0.15, 0.2) is 0 Å². The van der Waals surface area contributed by atoms with Gasteiger partial charge in [-0.2, -0.15) is 5.10 Å². The third-order valence-corrected chi connectivity index (χ3v) is 3.50. The van der Waals surface area contributed by atoms with Crippen LogP contribution in [-0.2, 0) is 7.05 Å². The van der Waals surface area contributed by atoms with E-state index in [1.807, 2.05) is 37.7 Å². The van der Waals surface area contributed by atoms with Crippen molar-refractivity contribution in [3.63, 3.8) is 0 Å². The van der Waals surface area contributed by atoms with Crippen LogP contribution in [0.2, 0.25) is 0 Å². The highest BCUT2D eigenvalue weighted by Crippen LogP contribution is 2.29. The Kier molecular flexibility index (Phi) is 2.92. The standard InChI is InChI=1S/C12H15N3S/c1-8-6-10(4-5-11(8)13)16-12-7-9(2)14-15(12)3/h4-7H,13H2,1-3H3. The Hall–Kier alpha value is -1.42. The van der Waals surface area contributed by atoms with E-state index in [9.17, 15) is 0 Å². The molecule has 1 heterocycles. The zero-order valence-electron chi connectivity index (χ0n) is 9.69. The van der Waals surface area contributed by atoms with E-state index in [0.717, 1.165) is 22.0 Å². The molecule has 1 aromatic heterocycles. The van der Waals surface area contributed by atoms with E-state index in [1.54, 1.807) is 11.8 Å². The first-order valence-corrected chi connectivity index (χ1v) is 5.92. The highest BCUT2D eigenvalue weighted by atomic mass is 32.2. The van der Waals surface area contributed by atoms with Crippen molar-refractivity contribution in [3.05, 3.63) is 35.5 Å². The van der Waals surface area contributed by atoms with Crippen LogP contribution in [-0.4, -0.2) is 9.78 Å². The van der Waals surface area contributed by atoms with E-state index in [4.69, 9.17) is 5.73 Å². The van der Waals surface area contributed by atoms with Crippen LogP contribution < -0.4 is 5.73 Å². The molecule has 0 radical (unpaired) electrons. The van der Waals surface area contributed by atoms with E-state index < -0.39 is 0 Å². The van der Waals surface area contributed by atoms with E-state index in [2.05, 4.69) is 17.2 Å². The Morgan fingerprint density at radius 3 is 2.56 bits per heavy atom. The van der Waals surface area contributed by atoms with Gasteiger partial charge in [0.05, 0.1) is 10.7 Å². The second-order valence-electron chi connectivity index (χ2n) is 3.87. The van der Waals surface area contributed by atoms with E-state index in [1.165, 1.54) is 4.90 Å². The minimum absolute atomic E-state index is 0.838. The molecule has 0 aliphatic heterocycles. The molecule has 0 fully saturated rings. The van der Waals surface area contributed by atoms with Gasteiger partial charge in [-0.25, -0.2) is 0 Å². The molecular formula is C12H15N3S. The fourth-order valence-electron chi connectivity index (χ4n) is 1.51. The quantitative estimate of drug-likeness (QED) is 0.811. The fraction of sp³-hybridized carbons (Fsp3) is 0.250. The van der Waals surface area contributed by atoms with Gasteiger partial charge in [0.25, 0.3) is 0 Å². The molecule has 0 aliphatic carbocycles. The summed E-state index contributed by atoms with van der Waals surface area (Å²) in [6.45, 7) is 4.02. The van der Waals surface area contributed by atoms with Crippen LogP contribution in [0.1, 0.15) is 11.3 Å². The molecule has 3 nitrogen and oxygen atoms in total. The lowest BCUT2D eigenvalue weighted by Crippen LogP contribution is -1.93. The van der Waals surface area contributed by atoms with Crippen LogP contribution in [0.3, 0.4) is 0 Å². The van der Waals surface area contributed by atoms with Gasteiger partial charge in [0, 0.05) is 17.6 Å². The molecule has 0 unspecified atom stereocenters. The van der Waals surface area contributed by atoms with Gasteiger partial charge in [-0.05, 0) is 43.7 Å². The zero-order chi connectivity index (χ0) is 11.7. The predicted molar refractivity (Wildman–Crippen MR) is 67.7 cm³/mol. The molecule has 84 valence electrons. The average molecular weight is 233 g/mol. The lowest BCUT2D eigenvalue weighted by molar-refractivity contribution is 0.692. The lowest BCUT2D eigenvalue weighted by atomic mass is 10.2. The second kappa shape index (κ2) is 4.22. The number of hydrogen-bond donors (Lipinski definition) is 1. The summed E-state index contributed by atoms with van der Waals surface area (Å²) in [6, 6.07) is 8.16. The molecule has 4 heteroatoms. The highest BCUT2D eigenvalue weighted by molar-refractivity contribution is 7.99. The number of nitrogens with two attached hydrogens (primary N) is 1. The molecule has 2 aromatic rings. The van der Waals surface area contributed by atoms with Crippen LogP contribution >= 0.6 is 11.8 Å². The van der Waals surface area contributed by atoms with Crippen LogP contribution in [0.15, 0.2) is 34.2 Å². The number of nitrogens with zero attached hydrogens (tertiary/aromatic N) is 2. The number of anilines is 1. The van der Waals surface area contributed by atoms with E-state index in [0.29, 0.717) is 0 Å². The summed E-state index contributed by atoms with van der Waals surface area (Å²) in [6.07, 6.45) is 0. The summed E-state index contributed by atoms with van der Waals surface area (Å²) in [5.74, 6) is 0. The predicted octanol–water partition coefficient (Wildman–Crippen LogP) is 2.77. The molecule has 2 rings (SSSR count). The minimum atomic E-state index is 0.838. The highest BCUT2D eigenvalue weighted by Gasteiger charge is 2.05. The number of aryl methyl sites for hydroxylation is 3. The van der Waals surface area contributed by atoms with Crippen LogP contribution in [0, 0.1) is 13.8 Å². The molecule has 2 N–H and O–H groups in total. The van der Waals surface area contributed by atoms with Gasteiger partial charge in [-0.3, -0.25) is 4.68 Å². The third-order valence-electron chi connectivity index (χ3n) is 2.42. The summed E-state index contributed by atoms with van der Waals surface area (Å²) >= 11 is 1.70. The maximum Gasteiger partial charge on any atom is 0.0986 e. The average Bonchev–Trinajstić information content (AvgIpc) is 2.51. The summed E-state index contributed by atoms with van der Waals surface area (Å²) in [5, 5.41) is 5.46. The lowest BCUT2D eigenvalue weighted by Gasteiger charge is -2.04. The molecule has 0 aliphatic rings. The van der Waals surface area contributed by atoms with E-state index >= 15 is 0 Å². The number of hydrogen-bond acceptors (Lipinski definition) is 3. The van der Waals surface area contributed by atoms with Gasteiger partial charge < -0.3 is 5.73 Å². The van der Waals surface area contributed by atoms with Crippen molar-refractivity contribution in [2.75, 3.05) is 5.73 Å². The molecule has 0 amide bonds. The third kappa shape index (κ3) is 2.22. The Morgan fingerprint density at radius 1 is 1.25 bits per heavy atom. The monoisotopic (exact) mass is 233 g/mol. The first kappa shape index (κ1) is 11.1. The summed E-state index contributed by atoms with van der Waals surface area (Å²) in [7, 11) is 1.96. The molecule has 0 saturated carbocycles. The summed E-state index contributed by atoms with van der Waals surface area (Å²) in [5.41, 5.74) is 8.78. The minimum Gasteiger partial charge on any atom is -0.399 e. The normalized spacial score (nSPS) is 10.7. The van der Waals surface area contributed by atoms with Gasteiger partial charge in [-0.1, -0.05) is 11.8 Å². The molecule has 0 spiro atoms. The first-order valence-electron chi connectivity index (χ1n) is 5.11. The summed E-state index contributed by atoms with van der Waals surface area (Å²) < 4.78 is 1.89. The van der Waals surface area contributed by atoms with Crippen molar-refractivity contribution in [1.29, 1.82) is 0 Å². The topological polar surface area (TPSA) is 43.8 Å². The van der Waals surface area contributed by atoms with Crippen molar-refractivity contribution in [3.8, 4) is 0 Å². The maximum absolute atomic E-state index is 5.79. The Bertz CT molecular complexity index is 517. The van der Waals surface area contributed by atoms with Crippen molar-refractivity contribution >= 4 is 17.4 Å². The van der Waals surface area contributed by atoms with Crippen molar-refractivity contribution in [1.82, 2.24) is 9.78 Å².